The molecule has 18 heavy (non-hydrogen) atoms. The summed E-state index contributed by atoms with van der Waals surface area (Å²) in [6.45, 7) is 7.11. The van der Waals surface area contributed by atoms with Gasteiger partial charge >= 0.3 is 5.97 Å². The molecule has 4 heteroatoms. The summed E-state index contributed by atoms with van der Waals surface area (Å²) in [4.78, 5) is 11.9. The minimum absolute atomic E-state index is 0. The van der Waals surface area contributed by atoms with Crippen LogP contribution in [0.1, 0.15) is 41.5 Å². The minimum atomic E-state index is -0.497. The molecular formula is C14H27NO3. The lowest BCUT2D eigenvalue weighted by Gasteiger charge is -2.21. The van der Waals surface area contributed by atoms with Gasteiger partial charge in [-0.2, -0.15) is 0 Å². The van der Waals surface area contributed by atoms with Crippen LogP contribution in [0.15, 0.2) is 0 Å². The lowest BCUT2D eigenvalue weighted by atomic mass is 9.94. The van der Waals surface area contributed by atoms with E-state index >= 15 is 0 Å². The van der Waals surface area contributed by atoms with E-state index in [0.717, 1.165) is 19.4 Å². The zero-order valence-corrected chi connectivity index (χ0v) is 11.6. The van der Waals surface area contributed by atoms with Gasteiger partial charge in [-0.1, -0.05) is 20.8 Å². The van der Waals surface area contributed by atoms with Crippen molar-refractivity contribution in [3.8, 4) is 0 Å². The molecule has 0 aromatic heterocycles. The van der Waals surface area contributed by atoms with Crippen molar-refractivity contribution in [2.24, 2.45) is 23.5 Å². The number of fused-ring (bicyclic) bond motifs is 1. The van der Waals surface area contributed by atoms with Gasteiger partial charge in [0.1, 0.15) is 12.1 Å². The molecule has 4 unspecified atom stereocenters. The predicted octanol–water partition coefficient (Wildman–Crippen LogP) is 1.96. The first-order valence-electron chi connectivity index (χ1n) is 7.06. The molecule has 1 heterocycles. The molecule has 0 amide bonds. The normalized spacial score (nSPS) is 36.7. The zero-order valence-electron chi connectivity index (χ0n) is 11.6. The Labute approximate surface area is 111 Å². The summed E-state index contributed by atoms with van der Waals surface area (Å²) in [5.74, 6) is 1.29. The van der Waals surface area contributed by atoms with E-state index in [1.807, 2.05) is 0 Å². The van der Waals surface area contributed by atoms with Gasteiger partial charge in [0.15, 0.2) is 0 Å². The molecule has 0 radical (unpaired) electrons. The number of rotatable bonds is 4. The van der Waals surface area contributed by atoms with Crippen molar-refractivity contribution in [1.29, 1.82) is 0 Å². The van der Waals surface area contributed by atoms with E-state index < -0.39 is 6.04 Å². The second-order valence-corrected chi connectivity index (χ2v) is 6.23. The maximum absolute atomic E-state index is 11.9. The molecule has 0 bridgehead atoms. The fourth-order valence-electron chi connectivity index (χ4n) is 3.15. The molecule has 106 valence electrons. The van der Waals surface area contributed by atoms with Crippen LogP contribution >= 0.6 is 0 Å². The molecular weight excluding hydrogens is 230 g/mol. The van der Waals surface area contributed by atoms with Crippen LogP contribution in [0, 0.1) is 17.8 Å². The lowest BCUT2D eigenvalue weighted by molar-refractivity contribution is -0.156. The van der Waals surface area contributed by atoms with Crippen molar-refractivity contribution in [3.05, 3.63) is 0 Å². The number of ether oxygens (including phenoxy) is 2. The molecule has 4 nitrogen and oxygen atoms in total. The average molecular weight is 257 g/mol. The maximum atomic E-state index is 11.9. The highest BCUT2D eigenvalue weighted by Gasteiger charge is 2.46. The molecule has 2 N–H and O–H groups in total. The van der Waals surface area contributed by atoms with Crippen LogP contribution < -0.4 is 5.73 Å². The molecule has 1 aliphatic carbocycles. The highest BCUT2D eigenvalue weighted by Crippen LogP contribution is 2.40. The van der Waals surface area contributed by atoms with Crippen molar-refractivity contribution in [2.75, 3.05) is 6.61 Å². The van der Waals surface area contributed by atoms with Gasteiger partial charge in [-0.3, -0.25) is 4.79 Å². The van der Waals surface area contributed by atoms with Gasteiger partial charge in [-0.25, -0.2) is 0 Å². The Balaban J connectivity index is 0.00000180. The Morgan fingerprint density at radius 2 is 2.22 bits per heavy atom. The first-order valence-corrected chi connectivity index (χ1v) is 7.06. The van der Waals surface area contributed by atoms with Crippen molar-refractivity contribution in [2.45, 2.75) is 58.3 Å². The number of carbonyl (C=O) groups excluding carboxylic acids is 1. The van der Waals surface area contributed by atoms with Crippen LogP contribution in [0.3, 0.4) is 0 Å². The van der Waals surface area contributed by atoms with Gasteiger partial charge in [0, 0.05) is 1.43 Å². The van der Waals surface area contributed by atoms with E-state index in [-0.39, 0.29) is 19.6 Å². The molecule has 0 spiro atoms. The van der Waals surface area contributed by atoms with Crippen molar-refractivity contribution in [1.82, 2.24) is 0 Å². The largest absolute Gasteiger partial charge is 0.458 e. The average Bonchev–Trinajstić information content (AvgIpc) is 2.83. The molecule has 2 fully saturated rings. The second kappa shape index (κ2) is 5.57. The molecule has 1 saturated carbocycles. The summed E-state index contributed by atoms with van der Waals surface area (Å²) in [5.41, 5.74) is 5.85. The predicted molar refractivity (Wildman–Crippen MR) is 71.1 cm³/mol. The lowest BCUT2D eigenvalue weighted by Crippen LogP contribution is -2.38. The summed E-state index contributed by atoms with van der Waals surface area (Å²) in [5, 5.41) is 0. The number of nitrogens with two attached hydrogens (primary N) is 1. The van der Waals surface area contributed by atoms with Crippen LogP contribution in [0.25, 0.3) is 0 Å². The fraction of sp³-hybridized carbons (Fsp3) is 0.929. The maximum Gasteiger partial charge on any atom is 0.323 e. The van der Waals surface area contributed by atoms with E-state index in [0.29, 0.717) is 24.2 Å². The molecule has 2 aliphatic rings. The van der Waals surface area contributed by atoms with E-state index in [1.165, 1.54) is 0 Å². The Morgan fingerprint density at radius 1 is 1.50 bits per heavy atom. The van der Waals surface area contributed by atoms with Gasteiger partial charge < -0.3 is 15.2 Å². The van der Waals surface area contributed by atoms with Crippen LogP contribution in [-0.4, -0.2) is 30.8 Å². The Kier molecular flexibility index (Phi) is 4.28. The summed E-state index contributed by atoms with van der Waals surface area (Å²) < 4.78 is 11.3. The SMILES string of the molecule is CC(C)CC(N)C(=O)O[C@H]1CCC2C(C)COC21.[HH]. The topological polar surface area (TPSA) is 61.6 Å². The van der Waals surface area contributed by atoms with E-state index in [2.05, 4.69) is 20.8 Å². The van der Waals surface area contributed by atoms with Gasteiger partial charge in [0.25, 0.3) is 0 Å². The third-order valence-corrected chi connectivity index (χ3v) is 4.15. The third kappa shape index (κ3) is 2.86. The fourth-order valence-corrected chi connectivity index (χ4v) is 3.15. The number of carbonyl (C=O) groups is 1. The summed E-state index contributed by atoms with van der Waals surface area (Å²) in [6, 6.07) is -0.497. The third-order valence-electron chi connectivity index (χ3n) is 4.15. The summed E-state index contributed by atoms with van der Waals surface area (Å²) in [6.07, 6.45) is 2.72. The molecule has 2 rings (SSSR count). The standard InChI is InChI=1S/C14H25NO3.H2/c1-8(2)6-11(15)14(16)18-12-5-4-10-9(3)7-17-13(10)12;/h8-13H,4-7,15H2,1-3H3;1H/t9?,10?,11?,12-,13?;/m0./s1. The van der Waals surface area contributed by atoms with Crippen LogP contribution in [0.5, 0.6) is 0 Å². The first kappa shape index (κ1) is 13.8. The van der Waals surface area contributed by atoms with Crippen molar-refractivity contribution >= 4 is 5.97 Å². The highest BCUT2D eigenvalue weighted by molar-refractivity contribution is 5.75. The number of hydrogen-bond acceptors (Lipinski definition) is 4. The van der Waals surface area contributed by atoms with Crippen LogP contribution in [-0.2, 0) is 14.3 Å². The van der Waals surface area contributed by atoms with Gasteiger partial charge in [0.2, 0.25) is 0 Å². The zero-order chi connectivity index (χ0) is 13.3. The van der Waals surface area contributed by atoms with E-state index in [9.17, 15) is 4.79 Å². The minimum Gasteiger partial charge on any atom is -0.458 e. The highest BCUT2D eigenvalue weighted by atomic mass is 16.6. The van der Waals surface area contributed by atoms with Gasteiger partial charge in [0.05, 0.1) is 12.7 Å². The van der Waals surface area contributed by atoms with E-state index in [4.69, 9.17) is 15.2 Å². The van der Waals surface area contributed by atoms with Crippen LogP contribution in [0.4, 0.5) is 0 Å². The quantitative estimate of drug-likeness (QED) is 0.782. The van der Waals surface area contributed by atoms with Gasteiger partial charge in [-0.15, -0.1) is 0 Å². The molecule has 0 aromatic carbocycles. The number of hydrogen-bond donors (Lipinski definition) is 1. The number of esters is 1. The van der Waals surface area contributed by atoms with Crippen LogP contribution in [0.2, 0.25) is 0 Å². The summed E-state index contributed by atoms with van der Waals surface area (Å²) in [7, 11) is 0. The second-order valence-electron chi connectivity index (χ2n) is 6.23. The van der Waals surface area contributed by atoms with Crippen molar-refractivity contribution < 1.29 is 15.7 Å². The smallest absolute Gasteiger partial charge is 0.323 e. The molecule has 1 aliphatic heterocycles. The first-order chi connectivity index (χ1) is 8.49. The monoisotopic (exact) mass is 257 g/mol. The van der Waals surface area contributed by atoms with Crippen molar-refractivity contribution in [3.63, 3.8) is 0 Å². The molecule has 5 atom stereocenters. The molecule has 0 aromatic rings. The Bertz CT molecular complexity index is 311. The van der Waals surface area contributed by atoms with E-state index in [1.54, 1.807) is 0 Å². The Morgan fingerprint density at radius 3 is 2.89 bits per heavy atom. The summed E-state index contributed by atoms with van der Waals surface area (Å²) >= 11 is 0. The Hall–Kier alpha value is -0.610. The molecule has 1 saturated heterocycles. The van der Waals surface area contributed by atoms with Gasteiger partial charge in [-0.05, 0) is 37.0 Å².